The van der Waals surface area contributed by atoms with Gasteiger partial charge in [-0.2, -0.15) is 0 Å². The first-order chi connectivity index (χ1) is 13.6. The van der Waals surface area contributed by atoms with Gasteiger partial charge in [-0.1, -0.05) is 13.8 Å². The first-order valence-electron chi connectivity index (χ1n) is 10.5. The summed E-state index contributed by atoms with van der Waals surface area (Å²) < 4.78 is 7.85. The summed E-state index contributed by atoms with van der Waals surface area (Å²) in [5.41, 5.74) is 1.93. The fourth-order valence-electron chi connectivity index (χ4n) is 4.28. The third-order valence-corrected chi connectivity index (χ3v) is 5.68. The number of nitrogens with zero attached hydrogens (tertiary/aromatic N) is 4. The Morgan fingerprint density at radius 1 is 1.39 bits per heavy atom. The molecule has 2 atom stereocenters. The molecule has 2 aromatic heterocycles. The molecule has 2 aliphatic rings. The Morgan fingerprint density at radius 3 is 3.07 bits per heavy atom. The number of pyridine rings is 1. The molecule has 2 amide bonds. The maximum absolute atomic E-state index is 12.5. The number of carbonyl (C=O) groups excluding carboxylic acids is 1. The third kappa shape index (κ3) is 4.29. The fraction of sp³-hybridized carbons (Fsp3) is 0.667. The van der Waals surface area contributed by atoms with Crippen LogP contribution in [0.15, 0.2) is 18.3 Å². The van der Waals surface area contributed by atoms with E-state index in [9.17, 15) is 4.79 Å². The number of rotatable bonds is 6. The Bertz CT molecular complexity index is 812. The minimum atomic E-state index is 0.0374. The van der Waals surface area contributed by atoms with Gasteiger partial charge in [-0.3, -0.25) is 0 Å². The molecule has 28 heavy (non-hydrogen) atoms. The lowest BCUT2D eigenvalue weighted by atomic mass is 10.0. The van der Waals surface area contributed by atoms with E-state index in [4.69, 9.17) is 9.72 Å². The van der Waals surface area contributed by atoms with Gasteiger partial charge >= 0.3 is 6.03 Å². The molecule has 0 aromatic carbocycles. The largest absolute Gasteiger partial charge is 0.376 e. The van der Waals surface area contributed by atoms with Crippen LogP contribution in [0.2, 0.25) is 0 Å². The second-order valence-corrected chi connectivity index (χ2v) is 8.50. The highest BCUT2D eigenvalue weighted by Gasteiger charge is 2.28. The van der Waals surface area contributed by atoms with Crippen LogP contribution in [0.25, 0.3) is 11.2 Å². The summed E-state index contributed by atoms with van der Waals surface area (Å²) in [4.78, 5) is 23.8. The predicted octanol–water partition coefficient (Wildman–Crippen LogP) is 2.84. The number of hydrogen-bond donors (Lipinski definition) is 1. The normalized spacial score (nSPS) is 22.5. The second kappa shape index (κ2) is 8.47. The van der Waals surface area contributed by atoms with Crippen molar-refractivity contribution in [1.29, 1.82) is 0 Å². The molecule has 0 radical (unpaired) electrons. The van der Waals surface area contributed by atoms with Crippen LogP contribution in [0, 0.1) is 11.8 Å². The van der Waals surface area contributed by atoms with Gasteiger partial charge in [-0.15, -0.1) is 0 Å². The molecular formula is C21H31N5O2. The van der Waals surface area contributed by atoms with Crippen molar-refractivity contribution in [2.24, 2.45) is 11.8 Å². The lowest BCUT2D eigenvalue weighted by Gasteiger charge is -2.19. The number of imidazole rings is 1. The Balaban J connectivity index is 1.37. The maximum Gasteiger partial charge on any atom is 0.317 e. The number of urea groups is 1. The van der Waals surface area contributed by atoms with E-state index in [2.05, 4.69) is 28.7 Å². The molecule has 0 aliphatic carbocycles. The van der Waals surface area contributed by atoms with Crippen molar-refractivity contribution in [1.82, 2.24) is 24.8 Å². The molecule has 0 unspecified atom stereocenters. The van der Waals surface area contributed by atoms with Crippen LogP contribution in [-0.4, -0.2) is 57.8 Å². The van der Waals surface area contributed by atoms with Crippen molar-refractivity contribution in [2.45, 2.75) is 52.2 Å². The predicted molar refractivity (Wildman–Crippen MR) is 108 cm³/mol. The fourth-order valence-corrected chi connectivity index (χ4v) is 4.28. The number of carbonyl (C=O) groups is 1. The van der Waals surface area contributed by atoms with Gasteiger partial charge in [0.05, 0.1) is 6.10 Å². The van der Waals surface area contributed by atoms with Gasteiger partial charge in [0.15, 0.2) is 5.65 Å². The molecule has 2 aliphatic heterocycles. The van der Waals surface area contributed by atoms with E-state index >= 15 is 0 Å². The number of fused-ring (bicyclic) bond motifs is 1. The second-order valence-electron chi connectivity index (χ2n) is 8.50. The van der Waals surface area contributed by atoms with Crippen molar-refractivity contribution in [3.05, 3.63) is 24.2 Å². The number of amides is 2. The van der Waals surface area contributed by atoms with Crippen LogP contribution in [0.1, 0.15) is 38.9 Å². The van der Waals surface area contributed by atoms with E-state index in [1.807, 2.05) is 23.2 Å². The molecule has 0 bridgehead atoms. The van der Waals surface area contributed by atoms with Crippen LogP contribution < -0.4 is 5.32 Å². The first-order valence-corrected chi connectivity index (χ1v) is 10.5. The highest BCUT2D eigenvalue weighted by atomic mass is 16.5. The lowest BCUT2D eigenvalue weighted by Crippen LogP contribution is -2.41. The number of aromatic nitrogens is 3. The summed E-state index contributed by atoms with van der Waals surface area (Å²) in [5, 5.41) is 3.04. The van der Waals surface area contributed by atoms with Crippen molar-refractivity contribution in [2.75, 3.05) is 26.2 Å². The zero-order chi connectivity index (χ0) is 19.5. The zero-order valence-corrected chi connectivity index (χ0v) is 16.9. The van der Waals surface area contributed by atoms with E-state index in [-0.39, 0.29) is 12.1 Å². The van der Waals surface area contributed by atoms with Crippen LogP contribution in [0.5, 0.6) is 0 Å². The molecule has 152 valence electrons. The molecule has 4 rings (SSSR count). The molecule has 4 heterocycles. The highest BCUT2D eigenvalue weighted by Crippen LogP contribution is 2.24. The van der Waals surface area contributed by atoms with Crippen molar-refractivity contribution < 1.29 is 9.53 Å². The van der Waals surface area contributed by atoms with Crippen molar-refractivity contribution in [3.63, 3.8) is 0 Å². The van der Waals surface area contributed by atoms with Crippen LogP contribution in [0.4, 0.5) is 4.79 Å². The van der Waals surface area contributed by atoms with Gasteiger partial charge in [-0.05, 0) is 43.2 Å². The molecule has 7 nitrogen and oxygen atoms in total. The molecule has 7 heteroatoms. The summed E-state index contributed by atoms with van der Waals surface area (Å²) in [5.74, 6) is 2.06. The molecule has 0 saturated carbocycles. The van der Waals surface area contributed by atoms with E-state index < -0.39 is 0 Å². The van der Waals surface area contributed by atoms with Gasteiger partial charge in [0.25, 0.3) is 0 Å². The summed E-state index contributed by atoms with van der Waals surface area (Å²) in [6.07, 6.45) is 6.07. The monoisotopic (exact) mass is 385 g/mol. The zero-order valence-electron chi connectivity index (χ0n) is 16.9. The van der Waals surface area contributed by atoms with Crippen LogP contribution in [-0.2, 0) is 17.7 Å². The summed E-state index contributed by atoms with van der Waals surface area (Å²) in [7, 11) is 0. The molecule has 1 N–H and O–H groups in total. The average molecular weight is 386 g/mol. The standard InChI is InChI=1S/C21H31N5O2/c1-15(2)13-26-19(24-18-6-3-8-22-20(18)26)11-16-7-9-25(14-16)21(27)23-12-17-5-4-10-28-17/h3,6,8,15-17H,4-5,7,9-14H2,1-2H3,(H,23,27)/t16-,17+/m1/s1. The van der Waals surface area contributed by atoms with E-state index in [0.29, 0.717) is 18.4 Å². The van der Waals surface area contributed by atoms with Crippen LogP contribution >= 0.6 is 0 Å². The number of hydrogen-bond acceptors (Lipinski definition) is 4. The number of ether oxygens (including phenoxy) is 1. The summed E-state index contributed by atoms with van der Waals surface area (Å²) >= 11 is 0. The van der Waals surface area contributed by atoms with E-state index in [0.717, 1.165) is 68.9 Å². The Morgan fingerprint density at radius 2 is 2.29 bits per heavy atom. The lowest BCUT2D eigenvalue weighted by molar-refractivity contribution is 0.109. The molecule has 0 spiro atoms. The Labute approximate surface area is 166 Å². The maximum atomic E-state index is 12.5. The van der Waals surface area contributed by atoms with Crippen molar-refractivity contribution >= 4 is 17.2 Å². The minimum Gasteiger partial charge on any atom is -0.376 e. The van der Waals surface area contributed by atoms with Gasteiger partial charge in [-0.25, -0.2) is 14.8 Å². The van der Waals surface area contributed by atoms with E-state index in [1.54, 1.807) is 0 Å². The highest BCUT2D eigenvalue weighted by molar-refractivity contribution is 5.74. The molecule has 2 aromatic rings. The smallest absolute Gasteiger partial charge is 0.317 e. The Hall–Kier alpha value is -2.15. The number of likely N-dealkylation sites (tertiary alicyclic amines) is 1. The van der Waals surface area contributed by atoms with Gasteiger partial charge < -0.3 is 19.5 Å². The molecule has 2 fully saturated rings. The summed E-state index contributed by atoms with van der Waals surface area (Å²) in [6, 6.07) is 4.01. The molecule has 2 saturated heterocycles. The van der Waals surface area contributed by atoms with Crippen molar-refractivity contribution in [3.8, 4) is 0 Å². The van der Waals surface area contributed by atoms with Gasteiger partial charge in [0.2, 0.25) is 0 Å². The summed E-state index contributed by atoms with van der Waals surface area (Å²) in [6.45, 7) is 8.39. The third-order valence-electron chi connectivity index (χ3n) is 5.68. The quantitative estimate of drug-likeness (QED) is 0.830. The minimum absolute atomic E-state index is 0.0374. The van der Waals surface area contributed by atoms with Crippen LogP contribution in [0.3, 0.4) is 0 Å². The first kappa shape index (κ1) is 19.2. The topological polar surface area (TPSA) is 72.3 Å². The van der Waals surface area contributed by atoms with Gasteiger partial charge in [0, 0.05) is 45.4 Å². The Kier molecular flexibility index (Phi) is 5.80. The number of nitrogens with one attached hydrogen (secondary N) is 1. The SMILES string of the molecule is CC(C)Cn1c(C[C@H]2CCN(C(=O)NC[C@@H]3CCCO3)C2)nc2cccnc21. The van der Waals surface area contributed by atoms with Gasteiger partial charge in [0.1, 0.15) is 11.3 Å². The van der Waals surface area contributed by atoms with E-state index in [1.165, 1.54) is 0 Å². The molecular weight excluding hydrogens is 354 g/mol. The average Bonchev–Trinajstić information content (AvgIpc) is 3.41.